The van der Waals surface area contributed by atoms with Crippen LogP contribution in [-0.2, 0) is 16.4 Å². The molecule has 1 aliphatic heterocycles. The number of benzene rings is 2. The van der Waals surface area contributed by atoms with Gasteiger partial charge in [0.05, 0.1) is 15.1 Å². The number of carbonyl (C=O) groups excluding carboxylic acids is 1. The molecular formula is C28H38N4O3S2. The number of anilines is 1. The molecule has 1 amide bonds. The first kappa shape index (κ1) is 27.7. The van der Waals surface area contributed by atoms with Gasteiger partial charge in [0, 0.05) is 24.7 Å². The highest BCUT2D eigenvalue weighted by Crippen LogP contribution is 2.32. The van der Waals surface area contributed by atoms with Crippen LogP contribution in [0.5, 0.6) is 0 Å². The van der Waals surface area contributed by atoms with Gasteiger partial charge in [-0.05, 0) is 94.7 Å². The van der Waals surface area contributed by atoms with Crippen molar-refractivity contribution in [1.82, 2.24) is 14.2 Å². The van der Waals surface area contributed by atoms with Crippen molar-refractivity contribution in [3.63, 3.8) is 0 Å². The molecule has 1 aromatic heterocycles. The van der Waals surface area contributed by atoms with Crippen LogP contribution in [0, 0.1) is 0 Å². The minimum Gasteiger partial charge on any atom is -0.309 e. The van der Waals surface area contributed by atoms with E-state index in [1.807, 2.05) is 27.1 Å². The zero-order valence-electron chi connectivity index (χ0n) is 22.3. The Morgan fingerprint density at radius 2 is 1.84 bits per heavy atom. The molecule has 0 bridgehead atoms. The third kappa shape index (κ3) is 6.22. The number of aromatic nitrogens is 1. The second-order valence-corrected chi connectivity index (χ2v) is 12.9. The highest BCUT2D eigenvalue weighted by Gasteiger charge is 2.32. The third-order valence-electron chi connectivity index (χ3n) is 7.07. The van der Waals surface area contributed by atoms with Crippen molar-refractivity contribution in [1.29, 1.82) is 0 Å². The summed E-state index contributed by atoms with van der Waals surface area (Å²) in [6.07, 6.45) is 5.40. The summed E-state index contributed by atoms with van der Waals surface area (Å²) in [5.74, 6) is -0.165. The van der Waals surface area contributed by atoms with Crippen LogP contribution in [0.15, 0.2) is 47.4 Å². The average molecular weight is 543 g/mol. The molecule has 9 heteroatoms. The fraction of sp³-hybridized carbons (Fsp3) is 0.500. The van der Waals surface area contributed by atoms with Gasteiger partial charge in [0.2, 0.25) is 10.0 Å². The fourth-order valence-corrected chi connectivity index (χ4v) is 7.70. The van der Waals surface area contributed by atoms with E-state index < -0.39 is 10.0 Å². The maximum absolute atomic E-state index is 13.7. The number of aryl methyl sites for hydroxylation is 1. The minimum absolute atomic E-state index is 0.0412. The molecule has 2 heterocycles. The van der Waals surface area contributed by atoms with E-state index in [2.05, 4.69) is 24.0 Å². The predicted octanol–water partition coefficient (Wildman–Crippen LogP) is 5.41. The lowest BCUT2D eigenvalue weighted by Gasteiger charge is -2.34. The van der Waals surface area contributed by atoms with Crippen molar-refractivity contribution < 1.29 is 13.2 Å². The van der Waals surface area contributed by atoms with Crippen molar-refractivity contribution in [2.45, 2.75) is 63.3 Å². The highest BCUT2D eigenvalue weighted by atomic mass is 32.2. The number of amides is 1. The number of piperidine rings is 1. The normalized spacial score (nSPS) is 16.9. The van der Waals surface area contributed by atoms with Gasteiger partial charge < -0.3 is 4.90 Å². The van der Waals surface area contributed by atoms with Gasteiger partial charge in [-0.3, -0.25) is 9.69 Å². The smallest absolute Gasteiger partial charge is 0.260 e. The molecule has 0 spiro atoms. The Kier molecular flexibility index (Phi) is 9.00. The van der Waals surface area contributed by atoms with Crippen LogP contribution >= 0.6 is 11.3 Å². The van der Waals surface area contributed by atoms with Gasteiger partial charge in [-0.1, -0.05) is 37.7 Å². The van der Waals surface area contributed by atoms with Crippen LogP contribution in [0.1, 0.15) is 61.9 Å². The molecule has 3 aromatic rings. The van der Waals surface area contributed by atoms with Gasteiger partial charge in [0.25, 0.3) is 5.91 Å². The molecule has 1 aliphatic rings. The Bertz CT molecular complexity index is 1320. The number of fused-ring (bicyclic) bond motifs is 1. The number of hydrogen-bond donors (Lipinski definition) is 0. The topological polar surface area (TPSA) is 73.8 Å². The van der Waals surface area contributed by atoms with Crippen LogP contribution in [0.4, 0.5) is 5.13 Å². The van der Waals surface area contributed by atoms with Crippen LogP contribution in [0.3, 0.4) is 0 Å². The van der Waals surface area contributed by atoms with Gasteiger partial charge in [0.15, 0.2) is 5.13 Å². The van der Waals surface area contributed by atoms with Crippen LogP contribution in [0.25, 0.3) is 10.2 Å². The number of thiazole rings is 1. The molecule has 1 fully saturated rings. The van der Waals surface area contributed by atoms with E-state index in [4.69, 9.17) is 4.98 Å². The predicted molar refractivity (Wildman–Crippen MR) is 152 cm³/mol. The first-order chi connectivity index (χ1) is 17.7. The Balaban J connectivity index is 1.61. The molecule has 0 N–H and O–H groups in total. The number of hydrogen-bond acceptors (Lipinski definition) is 6. The summed E-state index contributed by atoms with van der Waals surface area (Å²) >= 11 is 1.52. The largest absolute Gasteiger partial charge is 0.309 e. The zero-order valence-corrected chi connectivity index (χ0v) is 23.9. The van der Waals surface area contributed by atoms with E-state index in [1.165, 1.54) is 16.9 Å². The maximum atomic E-state index is 13.7. The van der Waals surface area contributed by atoms with Crippen molar-refractivity contribution in [2.24, 2.45) is 0 Å². The molecule has 1 saturated heterocycles. The average Bonchev–Trinajstić information content (AvgIpc) is 3.33. The summed E-state index contributed by atoms with van der Waals surface area (Å²) in [5.41, 5.74) is 2.59. The summed E-state index contributed by atoms with van der Waals surface area (Å²) < 4.78 is 29.4. The fourth-order valence-electron chi connectivity index (χ4n) is 4.88. The molecule has 1 unspecified atom stereocenters. The molecule has 2 aromatic carbocycles. The molecule has 7 nitrogen and oxygen atoms in total. The monoisotopic (exact) mass is 542 g/mol. The Hall–Kier alpha value is -2.33. The summed E-state index contributed by atoms with van der Waals surface area (Å²) in [7, 11) is 0.436. The number of rotatable bonds is 10. The van der Waals surface area contributed by atoms with E-state index >= 15 is 0 Å². The molecule has 0 saturated carbocycles. The molecule has 200 valence electrons. The van der Waals surface area contributed by atoms with Crippen molar-refractivity contribution in [3.8, 4) is 0 Å². The molecule has 1 atom stereocenters. The van der Waals surface area contributed by atoms with E-state index in [-0.39, 0.29) is 16.8 Å². The third-order valence-corrected chi connectivity index (χ3v) is 10.1. The first-order valence-corrected chi connectivity index (χ1v) is 15.5. The lowest BCUT2D eigenvalue weighted by atomic mass is 10.0. The Morgan fingerprint density at radius 1 is 1.08 bits per heavy atom. The Morgan fingerprint density at radius 3 is 2.51 bits per heavy atom. The molecule has 4 rings (SSSR count). The van der Waals surface area contributed by atoms with Gasteiger partial charge in [-0.25, -0.2) is 13.4 Å². The second kappa shape index (κ2) is 12.0. The highest BCUT2D eigenvalue weighted by molar-refractivity contribution is 7.89. The maximum Gasteiger partial charge on any atom is 0.260 e. The van der Waals surface area contributed by atoms with Crippen LogP contribution in [-0.4, -0.2) is 68.3 Å². The number of nitrogens with zero attached hydrogens (tertiary/aromatic N) is 4. The van der Waals surface area contributed by atoms with Gasteiger partial charge in [-0.15, -0.1) is 0 Å². The van der Waals surface area contributed by atoms with Gasteiger partial charge in [-0.2, -0.15) is 4.31 Å². The summed E-state index contributed by atoms with van der Waals surface area (Å²) in [6.45, 7) is 6.09. The SMILES string of the molecule is CCc1ccc2nc(N(CCCN(C)C)C(=O)c3ccc(S(=O)(=O)N4CCCCC4CC)cc3)sc2c1. The van der Waals surface area contributed by atoms with E-state index in [1.54, 1.807) is 33.5 Å². The lowest BCUT2D eigenvalue weighted by molar-refractivity contribution is 0.0986. The quantitative estimate of drug-likeness (QED) is 0.343. The standard InChI is InChI=1S/C28H38N4O3S2/c1-5-21-11-16-25-26(20-21)36-28(29-25)31(18-9-17-30(3)4)27(33)22-12-14-24(15-13-22)37(34,35)32-19-8-7-10-23(32)6-2/h11-16,20,23H,5-10,17-19H2,1-4H3. The summed E-state index contributed by atoms with van der Waals surface area (Å²) in [4.78, 5) is 22.6. The van der Waals surface area contributed by atoms with Crippen molar-refractivity contribution in [3.05, 3.63) is 53.6 Å². The van der Waals surface area contributed by atoms with Gasteiger partial charge >= 0.3 is 0 Å². The van der Waals surface area contributed by atoms with Crippen LogP contribution in [0.2, 0.25) is 0 Å². The lowest BCUT2D eigenvalue weighted by Crippen LogP contribution is -2.43. The van der Waals surface area contributed by atoms with E-state index in [0.29, 0.717) is 23.8 Å². The molecule has 0 aliphatic carbocycles. The van der Waals surface area contributed by atoms with E-state index in [9.17, 15) is 13.2 Å². The number of carbonyl (C=O) groups is 1. The van der Waals surface area contributed by atoms with Gasteiger partial charge in [0.1, 0.15) is 0 Å². The van der Waals surface area contributed by atoms with Crippen LogP contribution < -0.4 is 4.90 Å². The van der Waals surface area contributed by atoms with Crippen molar-refractivity contribution >= 4 is 42.6 Å². The molecular weight excluding hydrogens is 504 g/mol. The summed E-state index contributed by atoms with van der Waals surface area (Å²) in [6, 6.07) is 12.7. The van der Waals surface area contributed by atoms with E-state index in [0.717, 1.165) is 55.3 Å². The minimum atomic E-state index is -3.59. The second-order valence-electron chi connectivity index (χ2n) is 9.96. The zero-order chi connectivity index (χ0) is 26.6. The number of sulfonamides is 1. The van der Waals surface area contributed by atoms with Crippen molar-refractivity contribution in [2.75, 3.05) is 38.6 Å². The summed E-state index contributed by atoms with van der Waals surface area (Å²) in [5, 5.41) is 0.669. The molecule has 37 heavy (non-hydrogen) atoms. The first-order valence-electron chi connectivity index (χ1n) is 13.2. The Labute approximate surface area is 225 Å². The molecule has 0 radical (unpaired) electrons.